The summed E-state index contributed by atoms with van der Waals surface area (Å²) >= 11 is 6.43. The van der Waals surface area contributed by atoms with Crippen LogP contribution in [0.1, 0.15) is 28.4 Å². The maximum Gasteiger partial charge on any atom is 0.320 e. The minimum atomic E-state index is -1.16. The van der Waals surface area contributed by atoms with Gasteiger partial charge in [0.2, 0.25) is 0 Å². The molecule has 0 aromatic heterocycles. The number of rotatable bonds is 8. The van der Waals surface area contributed by atoms with Crippen LogP contribution in [0, 0.1) is 0 Å². The van der Waals surface area contributed by atoms with E-state index in [1.54, 1.807) is 0 Å². The van der Waals surface area contributed by atoms with Crippen LogP contribution in [0.4, 0.5) is 0 Å². The zero-order valence-electron chi connectivity index (χ0n) is 17.8. The number of aliphatic carboxylic acids is 1. The van der Waals surface area contributed by atoms with Gasteiger partial charge in [-0.2, -0.15) is 0 Å². The summed E-state index contributed by atoms with van der Waals surface area (Å²) in [5.41, 5.74) is 8.29. The average molecular weight is 484 g/mol. The van der Waals surface area contributed by atoms with E-state index in [-0.39, 0.29) is 18.3 Å². The zero-order chi connectivity index (χ0) is 23.4. The number of thiol groups is 1. The maximum absolute atomic E-state index is 10.8. The van der Waals surface area contributed by atoms with Gasteiger partial charge in [-0.05, 0) is 47.6 Å². The van der Waals surface area contributed by atoms with Gasteiger partial charge in [-0.15, -0.1) is 0 Å². The lowest BCUT2D eigenvalue weighted by atomic mass is 9.96. The topological polar surface area (TPSA) is 133 Å². The van der Waals surface area contributed by atoms with E-state index in [0.29, 0.717) is 22.9 Å². The first-order valence-electron chi connectivity index (χ1n) is 10.4. The molecule has 3 rings (SSSR count). The highest BCUT2D eigenvalue weighted by molar-refractivity contribution is 8.16. The summed E-state index contributed by atoms with van der Waals surface area (Å²) in [7, 11) is -0.703. The summed E-state index contributed by atoms with van der Waals surface area (Å²) in [6.07, 6.45) is -0.256. The molecule has 0 saturated carbocycles. The summed E-state index contributed by atoms with van der Waals surface area (Å²) < 4.78 is 5.56. The van der Waals surface area contributed by atoms with Crippen LogP contribution in [-0.2, 0) is 11.2 Å². The Hall–Kier alpha value is -1.81. The standard InChI is InChI=1S/C23H30ClNO6S/c1-32-12-19(26)20(27)21(28)22(32)14-4-7-17(24)15(11-14)10-13-2-5-16(6-3-13)31-9-8-18(25)23(29)30/h2-7,11,18-22,26-28,32H,8-10,12,25H2,1H3,(H,29,30)/t18-,19+,20+,21+,22-/m0/s1. The maximum atomic E-state index is 10.8. The van der Waals surface area contributed by atoms with E-state index in [9.17, 15) is 20.1 Å². The molecule has 6 N–H and O–H groups in total. The predicted molar refractivity (Wildman–Crippen MR) is 127 cm³/mol. The van der Waals surface area contributed by atoms with Crippen molar-refractivity contribution < 1.29 is 30.0 Å². The van der Waals surface area contributed by atoms with Gasteiger partial charge >= 0.3 is 5.97 Å². The lowest BCUT2D eigenvalue weighted by Gasteiger charge is -2.42. The summed E-state index contributed by atoms with van der Waals surface area (Å²) in [4.78, 5) is 10.8. The Balaban J connectivity index is 1.68. The number of carbonyl (C=O) groups is 1. The third-order valence-corrected chi connectivity index (χ3v) is 8.63. The Kier molecular flexibility index (Phi) is 8.43. The smallest absolute Gasteiger partial charge is 0.320 e. The fourth-order valence-electron chi connectivity index (χ4n) is 3.91. The van der Waals surface area contributed by atoms with Crippen molar-refractivity contribution in [3.63, 3.8) is 0 Å². The number of nitrogens with two attached hydrogens (primary N) is 1. The third kappa shape index (κ3) is 5.95. The average Bonchev–Trinajstić information content (AvgIpc) is 2.75. The Morgan fingerprint density at radius 3 is 2.53 bits per heavy atom. The monoisotopic (exact) mass is 483 g/mol. The molecule has 2 aromatic carbocycles. The van der Waals surface area contributed by atoms with Crippen molar-refractivity contribution in [1.82, 2.24) is 0 Å². The van der Waals surface area contributed by atoms with Crippen LogP contribution in [0.25, 0.3) is 0 Å². The van der Waals surface area contributed by atoms with Crippen molar-refractivity contribution in [2.24, 2.45) is 5.73 Å². The highest BCUT2D eigenvalue weighted by Gasteiger charge is 2.40. The van der Waals surface area contributed by atoms with E-state index in [2.05, 4.69) is 0 Å². The molecule has 1 saturated heterocycles. The molecule has 1 aliphatic rings. The molecule has 1 aliphatic heterocycles. The highest BCUT2D eigenvalue weighted by Crippen LogP contribution is 2.48. The van der Waals surface area contributed by atoms with E-state index in [1.165, 1.54) is 0 Å². The van der Waals surface area contributed by atoms with Gasteiger partial charge in [-0.25, -0.2) is 10.9 Å². The molecular weight excluding hydrogens is 454 g/mol. The third-order valence-electron chi connectivity index (χ3n) is 5.76. The van der Waals surface area contributed by atoms with Crippen LogP contribution < -0.4 is 10.5 Å². The van der Waals surface area contributed by atoms with Crippen molar-refractivity contribution >= 4 is 28.5 Å². The molecular formula is C23H30ClNO6S. The number of carboxylic acid groups (broad SMARTS) is 1. The van der Waals surface area contributed by atoms with E-state index in [1.807, 2.05) is 48.7 Å². The number of ether oxygens (including phenoxy) is 1. The number of carboxylic acids is 1. The van der Waals surface area contributed by atoms with Crippen LogP contribution in [0.3, 0.4) is 0 Å². The fraction of sp³-hybridized carbons (Fsp3) is 0.435. The Morgan fingerprint density at radius 2 is 1.88 bits per heavy atom. The first-order valence-corrected chi connectivity index (χ1v) is 12.8. The molecule has 9 heteroatoms. The molecule has 1 heterocycles. The molecule has 7 nitrogen and oxygen atoms in total. The number of aliphatic hydroxyl groups is 3. The second kappa shape index (κ2) is 10.9. The molecule has 32 heavy (non-hydrogen) atoms. The van der Waals surface area contributed by atoms with E-state index >= 15 is 0 Å². The van der Waals surface area contributed by atoms with Gasteiger partial charge in [0.1, 0.15) is 17.9 Å². The second-order valence-electron chi connectivity index (χ2n) is 8.19. The summed E-state index contributed by atoms with van der Waals surface area (Å²) in [5.74, 6) is 0.0560. The Morgan fingerprint density at radius 1 is 1.19 bits per heavy atom. The number of benzene rings is 2. The van der Waals surface area contributed by atoms with Crippen LogP contribution in [0.5, 0.6) is 5.75 Å². The molecule has 0 amide bonds. The Bertz CT molecular complexity index is 927. The number of hydrogen-bond acceptors (Lipinski definition) is 6. The van der Waals surface area contributed by atoms with Crippen molar-refractivity contribution in [2.45, 2.75) is 42.4 Å². The van der Waals surface area contributed by atoms with Crippen molar-refractivity contribution in [3.05, 3.63) is 64.2 Å². The van der Waals surface area contributed by atoms with E-state index < -0.39 is 41.2 Å². The van der Waals surface area contributed by atoms with Gasteiger partial charge in [0.05, 0.1) is 18.8 Å². The number of aliphatic hydroxyl groups excluding tert-OH is 3. The van der Waals surface area contributed by atoms with Gasteiger partial charge in [0.15, 0.2) is 0 Å². The first-order chi connectivity index (χ1) is 15.2. The van der Waals surface area contributed by atoms with Crippen LogP contribution in [0.15, 0.2) is 42.5 Å². The molecule has 1 unspecified atom stereocenters. The van der Waals surface area contributed by atoms with Gasteiger partial charge in [0, 0.05) is 22.4 Å². The van der Waals surface area contributed by atoms with Crippen LogP contribution in [0.2, 0.25) is 5.02 Å². The van der Waals surface area contributed by atoms with Crippen molar-refractivity contribution in [1.29, 1.82) is 0 Å². The first kappa shape index (κ1) is 24.8. The lowest BCUT2D eigenvalue weighted by molar-refractivity contribution is -0.138. The molecule has 2 aromatic rings. The zero-order valence-corrected chi connectivity index (χ0v) is 19.4. The molecule has 176 valence electrons. The molecule has 0 bridgehead atoms. The van der Waals surface area contributed by atoms with E-state index in [0.717, 1.165) is 16.7 Å². The quantitative estimate of drug-likeness (QED) is 0.316. The largest absolute Gasteiger partial charge is 0.494 e. The normalized spacial score (nSPS) is 27.6. The summed E-state index contributed by atoms with van der Waals surface area (Å²) in [5, 5.41) is 39.8. The minimum absolute atomic E-state index is 0.213. The molecule has 0 aliphatic carbocycles. The SMILES string of the molecule is C[SH]1C[C@@H](O)[C@@H](O)[C@@H](O)[C@@H]1c1ccc(Cl)c(Cc2ccc(OCC[C@H](N)C(=O)O)cc2)c1. The van der Waals surface area contributed by atoms with Gasteiger partial charge in [0.25, 0.3) is 0 Å². The predicted octanol–water partition coefficient (Wildman–Crippen LogP) is 1.88. The second-order valence-corrected chi connectivity index (χ2v) is 11.0. The van der Waals surface area contributed by atoms with Gasteiger partial charge < -0.3 is 30.9 Å². The van der Waals surface area contributed by atoms with Crippen molar-refractivity contribution in [3.8, 4) is 5.75 Å². The van der Waals surface area contributed by atoms with Crippen LogP contribution in [-0.4, -0.2) is 69.4 Å². The Labute approximate surface area is 195 Å². The molecule has 0 radical (unpaired) electrons. The fourth-order valence-corrected chi connectivity index (χ4v) is 6.49. The lowest BCUT2D eigenvalue weighted by Crippen LogP contribution is -2.47. The highest BCUT2D eigenvalue weighted by atomic mass is 35.5. The van der Waals surface area contributed by atoms with Crippen molar-refractivity contribution in [2.75, 3.05) is 18.6 Å². The number of hydrogen-bond donors (Lipinski definition) is 6. The van der Waals surface area contributed by atoms with Gasteiger partial charge in [-0.3, -0.25) is 4.79 Å². The van der Waals surface area contributed by atoms with Gasteiger partial charge in [-0.1, -0.05) is 35.9 Å². The molecule has 0 spiro atoms. The van der Waals surface area contributed by atoms with E-state index in [4.69, 9.17) is 27.2 Å². The molecule has 6 atom stereocenters. The number of halogens is 1. The minimum Gasteiger partial charge on any atom is -0.494 e. The summed E-state index contributed by atoms with van der Waals surface area (Å²) in [6, 6.07) is 12.2. The molecule has 1 fully saturated rings. The summed E-state index contributed by atoms with van der Waals surface area (Å²) in [6.45, 7) is 0.213. The van der Waals surface area contributed by atoms with Crippen LogP contribution >= 0.6 is 22.5 Å².